The van der Waals surface area contributed by atoms with Gasteiger partial charge in [0.15, 0.2) is 0 Å². The summed E-state index contributed by atoms with van der Waals surface area (Å²) in [5.74, 6) is -0.443. The highest BCUT2D eigenvalue weighted by Gasteiger charge is 2.44. The van der Waals surface area contributed by atoms with Crippen LogP contribution in [0.5, 0.6) is 0 Å². The van der Waals surface area contributed by atoms with Gasteiger partial charge in [0, 0.05) is 19.3 Å². The van der Waals surface area contributed by atoms with E-state index >= 15 is 0 Å². The summed E-state index contributed by atoms with van der Waals surface area (Å²) in [7, 11) is 0. The van der Waals surface area contributed by atoms with E-state index in [2.05, 4.69) is 42.9 Å². The van der Waals surface area contributed by atoms with Crippen molar-refractivity contribution in [1.82, 2.24) is 4.98 Å². The van der Waals surface area contributed by atoms with Crippen molar-refractivity contribution >= 4 is 23.3 Å². The first kappa shape index (κ1) is 24.2. The van der Waals surface area contributed by atoms with Crippen LogP contribution in [0.4, 0.5) is 11.4 Å². The number of aromatic nitrogens is 1. The van der Waals surface area contributed by atoms with E-state index in [1.54, 1.807) is 18.3 Å². The van der Waals surface area contributed by atoms with Crippen molar-refractivity contribution in [3.8, 4) is 6.07 Å². The fourth-order valence-electron chi connectivity index (χ4n) is 4.12. The van der Waals surface area contributed by atoms with Crippen LogP contribution in [0.3, 0.4) is 0 Å². The molecule has 1 aromatic heterocycles. The summed E-state index contributed by atoms with van der Waals surface area (Å²) < 4.78 is 0. The summed E-state index contributed by atoms with van der Waals surface area (Å²) in [6.45, 7) is 10.4. The third-order valence-corrected chi connectivity index (χ3v) is 5.65. The van der Waals surface area contributed by atoms with Crippen LogP contribution in [0, 0.1) is 29.1 Å². The average molecular weight is 449 g/mol. The Kier molecular flexibility index (Phi) is 7.70. The number of amides is 1. The van der Waals surface area contributed by atoms with E-state index in [0.717, 1.165) is 29.9 Å². The normalized spacial score (nSPS) is 17.0. The van der Waals surface area contributed by atoms with Gasteiger partial charge in [0.2, 0.25) is 5.91 Å². The smallest absolute Gasteiger partial charge is 0.307 e. The highest BCUT2D eigenvalue weighted by atomic mass is 16.4. The first-order chi connectivity index (χ1) is 15.7. The van der Waals surface area contributed by atoms with Crippen molar-refractivity contribution in [2.75, 3.05) is 23.3 Å². The fourth-order valence-corrected chi connectivity index (χ4v) is 4.12. The molecule has 2 atom stereocenters. The molecule has 0 unspecified atom stereocenters. The topological polar surface area (TPSA) is 106 Å². The van der Waals surface area contributed by atoms with Crippen LogP contribution in [0.25, 0.3) is 0 Å². The number of rotatable bonds is 10. The lowest BCUT2D eigenvalue weighted by Crippen LogP contribution is -2.32. The second-order valence-corrected chi connectivity index (χ2v) is 9.64. The van der Waals surface area contributed by atoms with Crippen molar-refractivity contribution in [2.45, 2.75) is 46.5 Å². The number of nitrogens with one attached hydrogen (secondary N) is 1. The molecule has 3 rings (SSSR count). The number of pyridine rings is 1. The molecule has 0 radical (unpaired) electrons. The second kappa shape index (κ2) is 10.5. The van der Waals surface area contributed by atoms with E-state index in [1.165, 1.54) is 0 Å². The zero-order valence-electron chi connectivity index (χ0n) is 19.7. The summed E-state index contributed by atoms with van der Waals surface area (Å²) in [6, 6.07) is 11.2. The van der Waals surface area contributed by atoms with Gasteiger partial charge in [0.1, 0.15) is 11.8 Å². The lowest BCUT2D eigenvalue weighted by molar-refractivity contribution is -0.138. The number of carbonyl (C=O) groups excluding carboxylic acids is 1. The molecule has 7 heteroatoms. The Morgan fingerprint density at radius 3 is 2.39 bits per heavy atom. The number of anilines is 2. The van der Waals surface area contributed by atoms with Gasteiger partial charge < -0.3 is 15.3 Å². The highest BCUT2D eigenvalue weighted by molar-refractivity contribution is 5.96. The molecule has 0 aliphatic heterocycles. The van der Waals surface area contributed by atoms with Gasteiger partial charge in [0.25, 0.3) is 0 Å². The molecule has 1 fully saturated rings. The summed E-state index contributed by atoms with van der Waals surface area (Å²) in [4.78, 5) is 30.6. The van der Waals surface area contributed by atoms with Crippen LogP contribution < -0.4 is 10.2 Å². The van der Waals surface area contributed by atoms with E-state index in [1.807, 2.05) is 24.3 Å². The lowest BCUT2D eigenvalue weighted by Gasteiger charge is -2.31. The third kappa shape index (κ3) is 6.55. The maximum Gasteiger partial charge on any atom is 0.307 e. The van der Waals surface area contributed by atoms with Crippen molar-refractivity contribution in [1.29, 1.82) is 5.26 Å². The van der Waals surface area contributed by atoms with E-state index in [4.69, 9.17) is 5.26 Å². The maximum atomic E-state index is 12.9. The maximum absolute atomic E-state index is 12.9. The van der Waals surface area contributed by atoms with Gasteiger partial charge in [-0.05, 0) is 53.5 Å². The van der Waals surface area contributed by atoms with Gasteiger partial charge in [-0.25, -0.2) is 4.98 Å². The fraction of sp³-hybridized carbons (Fsp3) is 0.462. The number of hydrogen-bond donors (Lipinski definition) is 2. The third-order valence-electron chi connectivity index (χ3n) is 5.65. The highest BCUT2D eigenvalue weighted by Crippen LogP contribution is 2.49. The second-order valence-electron chi connectivity index (χ2n) is 9.64. The summed E-state index contributed by atoms with van der Waals surface area (Å²) in [5, 5.41) is 21.3. The molecule has 1 aliphatic carbocycles. The number of nitriles is 1. The lowest BCUT2D eigenvalue weighted by atomic mass is 10.0. The first-order valence-electron chi connectivity index (χ1n) is 11.4. The Labute approximate surface area is 195 Å². The Bertz CT molecular complexity index is 1030. The van der Waals surface area contributed by atoms with E-state index in [9.17, 15) is 14.7 Å². The van der Waals surface area contributed by atoms with Gasteiger partial charge in [-0.2, -0.15) is 5.26 Å². The minimum absolute atomic E-state index is 0.0152. The average Bonchev–Trinajstić information content (AvgIpc) is 3.54. The Hall–Kier alpha value is -3.40. The number of carbonyl (C=O) groups is 2. The summed E-state index contributed by atoms with van der Waals surface area (Å²) in [6.07, 6.45) is 2.31. The standard InChI is InChI=1S/C26H32N4O3/c1-16(2)14-30(15-17(3)4)24-8-6-19(21-11-22(21)26(32)33)10-23(24)29-25(31)9-18-5-7-20(12-27)28-13-18/h5-8,10,13,16-17,21-22H,9,11,14-15H2,1-4H3,(H,29,31)(H,32,33)/t21-,22-/m0/s1. The predicted octanol–water partition coefficient (Wildman–Crippen LogP) is 4.44. The van der Waals surface area contributed by atoms with E-state index < -0.39 is 5.97 Å². The van der Waals surface area contributed by atoms with Gasteiger partial charge in [-0.1, -0.05) is 39.8 Å². The van der Waals surface area contributed by atoms with Crippen molar-refractivity contribution in [3.05, 3.63) is 53.3 Å². The van der Waals surface area contributed by atoms with Gasteiger partial charge in [0.05, 0.1) is 23.7 Å². The van der Waals surface area contributed by atoms with Crippen molar-refractivity contribution in [2.24, 2.45) is 17.8 Å². The molecule has 33 heavy (non-hydrogen) atoms. The van der Waals surface area contributed by atoms with Crippen LogP contribution in [0.1, 0.15) is 56.9 Å². The van der Waals surface area contributed by atoms with Gasteiger partial charge >= 0.3 is 5.97 Å². The van der Waals surface area contributed by atoms with E-state index in [-0.39, 0.29) is 24.2 Å². The minimum atomic E-state index is -0.774. The summed E-state index contributed by atoms with van der Waals surface area (Å²) in [5.41, 5.74) is 3.62. The number of nitrogens with zero attached hydrogens (tertiary/aromatic N) is 3. The quantitative estimate of drug-likeness (QED) is 0.556. The zero-order valence-corrected chi connectivity index (χ0v) is 19.7. The molecule has 0 bridgehead atoms. The Morgan fingerprint density at radius 2 is 1.88 bits per heavy atom. The largest absolute Gasteiger partial charge is 0.481 e. The molecule has 174 valence electrons. The van der Waals surface area contributed by atoms with Crippen molar-refractivity contribution < 1.29 is 14.7 Å². The monoisotopic (exact) mass is 448 g/mol. The van der Waals surface area contributed by atoms with Crippen LogP contribution in [-0.2, 0) is 16.0 Å². The molecule has 2 aromatic rings. The molecule has 1 aromatic carbocycles. The Morgan fingerprint density at radius 1 is 1.18 bits per heavy atom. The molecule has 1 saturated carbocycles. The van der Waals surface area contributed by atoms with Gasteiger partial charge in [-0.15, -0.1) is 0 Å². The molecule has 1 aliphatic rings. The Balaban J connectivity index is 1.88. The molecular formula is C26H32N4O3. The molecule has 2 N–H and O–H groups in total. The first-order valence-corrected chi connectivity index (χ1v) is 11.4. The van der Waals surface area contributed by atoms with Crippen LogP contribution in [0.15, 0.2) is 36.5 Å². The van der Waals surface area contributed by atoms with Crippen LogP contribution in [-0.4, -0.2) is 35.1 Å². The molecule has 0 saturated heterocycles. The number of hydrogen-bond acceptors (Lipinski definition) is 5. The van der Waals surface area contributed by atoms with Crippen molar-refractivity contribution in [3.63, 3.8) is 0 Å². The number of carboxylic acid groups (broad SMARTS) is 1. The van der Waals surface area contributed by atoms with E-state index in [0.29, 0.717) is 29.6 Å². The number of carboxylic acids is 1. The zero-order chi connectivity index (χ0) is 24.1. The predicted molar refractivity (Wildman–Crippen MR) is 128 cm³/mol. The molecular weight excluding hydrogens is 416 g/mol. The molecule has 1 heterocycles. The van der Waals surface area contributed by atoms with Crippen LogP contribution >= 0.6 is 0 Å². The molecule has 1 amide bonds. The van der Waals surface area contributed by atoms with Gasteiger partial charge in [-0.3, -0.25) is 9.59 Å². The molecule has 0 spiro atoms. The minimum Gasteiger partial charge on any atom is -0.481 e. The molecule has 7 nitrogen and oxygen atoms in total. The number of benzene rings is 1. The van der Waals surface area contributed by atoms with Crippen LogP contribution in [0.2, 0.25) is 0 Å². The SMILES string of the molecule is CC(C)CN(CC(C)C)c1ccc([C@@H]2C[C@@H]2C(=O)O)cc1NC(=O)Cc1ccc(C#N)nc1. The summed E-state index contributed by atoms with van der Waals surface area (Å²) >= 11 is 0. The number of aliphatic carboxylic acids is 1.